The van der Waals surface area contributed by atoms with Crippen LogP contribution < -0.4 is 10.1 Å². The van der Waals surface area contributed by atoms with Crippen LogP contribution >= 0.6 is 0 Å². The lowest BCUT2D eigenvalue weighted by molar-refractivity contribution is -0.385. The number of nitrogens with zero attached hydrogens (tertiary/aromatic N) is 3. The molecule has 0 bridgehead atoms. The van der Waals surface area contributed by atoms with Crippen molar-refractivity contribution < 1.29 is 14.5 Å². The average Bonchev–Trinajstić information content (AvgIpc) is 3.31. The summed E-state index contributed by atoms with van der Waals surface area (Å²) < 4.78 is 6.78. The van der Waals surface area contributed by atoms with Crippen LogP contribution in [0.15, 0.2) is 91.1 Å². The normalized spacial score (nSPS) is 10.9. The monoisotopic (exact) mass is 454 g/mol. The van der Waals surface area contributed by atoms with Crippen LogP contribution in [0, 0.1) is 10.1 Å². The number of para-hydroxylation sites is 1. The molecule has 1 N–H and O–H groups in total. The van der Waals surface area contributed by atoms with Crippen LogP contribution in [0.4, 0.5) is 5.69 Å². The second kappa shape index (κ2) is 10.3. The third-order valence-corrected chi connectivity index (χ3v) is 5.14. The molecule has 0 spiro atoms. The lowest BCUT2D eigenvalue weighted by Crippen LogP contribution is -2.20. The Bertz CT molecular complexity index is 1330. The fourth-order valence-electron chi connectivity index (χ4n) is 3.44. The molecule has 0 fully saturated rings. The lowest BCUT2D eigenvalue weighted by atomic mass is 10.1. The summed E-state index contributed by atoms with van der Waals surface area (Å²) in [5.41, 5.74) is 3.32. The first kappa shape index (κ1) is 22.5. The van der Waals surface area contributed by atoms with Gasteiger partial charge in [-0.1, -0.05) is 48.5 Å². The molecule has 34 heavy (non-hydrogen) atoms. The Morgan fingerprint density at radius 1 is 1.09 bits per heavy atom. The number of rotatable bonds is 8. The van der Waals surface area contributed by atoms with Crippen molar-refractivity contribution >= 4 is 17.7 Å². The highest BCUT2D eigenvalue weighted by molar-refractivity contribution is 5.92. The number of methoxy groups -OCH3 is 1. The largest absolute Gasteiger partial charge is 0.490 e. The van der Waals surface area contributed by atoms with E-state index < -0.39 is 4.92 Å². The van der Waals surface area contributed by atoms with Gasteiger partial charge in [0.25, 0.3) is 0 Å². The molecule has 0 saturated heterocycles. The number of nitro groups is 1. The molecular weight excluding hydrogens is 432 g/mol. The van der Waals surface area contributed by atoms with Crippen LogP contribution in [0.3, 0.4) is 0 Å². The predicted molar refractivity (Wildman–Crippen MR) is 130 cm³/mol. The molecule has 0 aliphatic heterocycles. The molecule has 0 unspecified atom stereocenters. The highest BCUT2D eigenvalue weighted by Crippen LogP contribution is 2.33. The van der Waals surface area contributed by atoms with Crippen molar-refractivity contribution in [2.75, 3.05) is 7.11 Å². The Morgan fingerprint density at radius 2 is 1.79 bits per heavy atom. The van der Waals surface area contributed by atoms with Crippen LogP contribution in [0.25, 0.3) is 23.0 Å². The molecule has 0 radical (unpaired) electrons. The number of carbonyl (C=O) groups excluding carboxylic acids is 1. The number of nitro benzene ring substituents is 1. The van der Waals surface area contributed by atoms with Gasteiger partial charge in [-0.2, -0.15) is 5.10 Å². The summed E-state index contributed by atoms with van der Waals surface area (Å²) in [6.07, 6.45) is 4.86. The van der Waals surface area contributed by atoms with E-state index in [0.29, 0.717) is 23.4 Å². The van der Waals surface area contributed by atoms with E-state index in [1.165, 1.54) is 25.3 Å². The van der Waals surface area contributed by atoms with E-state index in [2.05, 4.69) is 10.4 Å². The highest BCUT2D eigenvalue weighted by atomic mass is 16.6. The number of hydrogen-bond acceptors (Lipinski definition) is 5. The van der Waals surface area contributed by atoms with E-state index in [4.69, 9.17) is 4.74 Å². The van der Waals surface area contributed by atoms with Gasteiger partial charge in [-0.05, 0) is 35.9 Å². The maximum Gasteiger partial charge on any atom is 0.311 e. The predicted octanol–water partition coefficient (Wildman–Crippen LogP) is 4.79. The van der Waals surface area contributed by atoms with E-state index in [1.54, 1.807) is 23.0 Å². The molecule has 0 aliphatic rings. The van der Waals surface area contributed by atoms with Gasteiger partial charge < -0.3 is 10.1 Å². The summed E-state index contributed by atoms with van der Waals surface area (Å²) in [5.74, 6) is -0.100. The van der Waals surface area contributed by atoms with Gasteiger partial charge in [-0.3, -0.25) is 14.9 Å². The lowest BCUT2D eigenvalue weighted by Gasteiger charge is -2.04. The summed E-state index contributed by atoms with van der Waals surface area (Å²) in [6, 6.07) is 23.7. The molecule has 4 aromatic rings. The molecule has 8 heteroatoms. The number of nitrogens with one attached hydrogen (secondary N) is 1. The Balaban J connectivity index is 1.66. The van der Waals surface area contributed by atoms with Crippen molar-refractivity contribution in [2.24, 2.45) is 0 Å². The van der Waals surface area contributed by atoms with Gasteiger partial charge in [0.15, 0.2) is 5.75 Å². The number of ether oxygens (including phenoxy) is 1. The van der Waals surface area contributed by atoms with E-state index in [-0.39, 0.29) is 17.3 Å². The van der Waals surface area contributed by atoms with Crippen molar-refractivity contribution in [3.8, 4) is 22.7 Å². The van der Waals surface area contributed by atoms with Crippen molar-refractivity contribution in [3.63, 3.8) is 0 Å². The van der Waals surface area contributed by atoms with Crippen LogP contribution in [0.5, 0.6) is 5.75 Å². The first-order valence-electron chi connectivity index (χ1n) is 10.5. The van der Waals surface area contributed by atoms with Gasteiger partial charge in [-0.25, -0.2) is 4.68 Å². The Kier molecular flexibility index (Phi) is 6.78. The van der Waals surface area contributed by atoms with Gasteiger partial charge in [0, 0.05) is 36.0 Å². The van der Waals surface area contributed by atoms with Crippen molar-refractivity contribution in [2.45, 2.75) is 6.54 Å². The van der Waals surface area contributed by atoms with Crippen LogP contribution in [-0.4, -0.2) is 27.7 Å². The highest BCUT2D eigenvalue weighted by Gasteiger charge is 2.19. The van der Waals surface area contributed by atoms with Crippen molar-refractivity contribution in [3.05, 3.63) is 112 Å². The zero-order chi connectivity index (χ0) is 23.9. The van der Waals surface area contributed by atoms with E-state index in [0.717, 1.165) is 11.3 Å². The minimum atomic E-state index is -0.497. The fraction of sp³-hybridized carbons (Fsp3) is 0.0769. The third-order valence-electron chi connectivity index (χ3n) is 5.14. The van der Waals surface area contributed by atoms with E-state index in [1.807, 2.05) is 60.7 Å². The van der Waals surface area contributed by atoms with Gasteiger partial charge in [-0.15, -0.1) is 0 Å². The summed E-state index contributed by atoms with van der Waals surface area (Å²) in [5, 5.41) is 19.0. The maximum absolute atomic E-state index is 12.4. The zero-order valence-electron chi connectivity index (χ0n) is 18.4. The average molecular weight is 454 g/mol. The molecule has 1 aromatic heterocycles. The molecule has 0 saturated carbocycles. The number of amides is 1. The number of benzene rings is 3. The van der Waals surface area contributed by atoms with Crippen molar-refractivity contribution in [1.29, 1.82) is 0 Å². The third kappa shape index (κ3) is 5.18. The molecule has 0 atom stereocenters. The van der Waals surface area contributed by atoms with E-state index >= 15 is 0 Å². The SMILES string of the molecule is COc1ccc(-c2nn(-c3ccccc3)cc2/C=C\C(=O)NCc2ccccc2)cc1[N+](=O)[O-]. The summed E-state index contributed by atoms with van der Waals surface area (Å²) in [7, 11) is 1.38. The molecule has 1 heterocycles. The Labute approximate surface area is 196 Å². The van der Waals surface area contributed by atoms with Gasteiger partial charge in [0.05, 0.1) is 17.7 Å². The number of hydrogen-bond donors (Lipinski definition) is 1. The summed E-state index contributed by atoms with van der Waals surface area (Å²) in [6.45, 7) is 0.408. The molecule has 1 amide bonds. The maximum atomic E-state index is 12.4. The van der Waals surface area contributed by atoms with Crippen LogP contribution in [-0.2, 0) is 11.3 Å². The first-order chi connectivity index (χ1) is 16.5. The van der Waals surface area contributed by atoms with Crippen LogP contribution in [0.1, 0.15) is 11.1 Å². The quantitative estimate of drug-likeness (QED) is 0.235. The zero-order valence-corrected chi connectivity index (χ0v) is 18.4. The summed E-state index contributed by atoms with van der Waals surface area (Å²) >= 11 is 0. The van der Waals surface area contributed by atoms with Gasteiger partial charge in [0.1, 0.15) is 5.69 Å². The van der Waals surface area contributed by atoms with Gasteiger partial charge >= 0.3 is 5.69 Å². The second-order valence-corrected chi connectivity index (χ2v) is 7.39. The van der Waals surface area contributed by atoms with Crippen LogP contribution in [0.2, 0.25) is 0 Å². The molecule has 170 valence electrons. The molecule has 8 nitrogen and oxygen atoms in total. The first-order valence-corrected chi connectivity index (χ1v) is 10.5. The Morgan fingerprint density at radius 3 is 2.47 bits per heavy atom. The Hall–Kier alpha value is -4.72. The number of aromatic nitrogens is 2. The summed E-state index contributed by atoms with van der Waals surface area (Å²) in [4.78, 5) is 23.4. The van der Waals surface area contributed by atoms with Gasteiger partial charge in [0.2, 0.25) is 5.91 Å². The fourth-order valence-corrected chi connectivity index (χ4v) is 3.44. The molecular formula is C26H22N4O4. The standard InChI is InChI=1S/C26H22N4O4/c1-34-24-14-12-20(16-23(24)30(32)33)26-21(18-29(28-26)22-10-6-3-7-11-22)13-15-25(31)27-17-19-8-4-2-5-9-19/h2-16,18H,17H2,1H3,(H,27,31)/b15-13-. The minimum absolute atomic E-state index is 0.161. The topological polar surface area (TPSA) is 99.3 Å². The molecule has 3 aromatic carbocycles. The molecule has 4 rings (SSSR count). The van der Waals surface area contributed by atoms with E-state index in [9.17, 15) is 14.9 Å². The smallest absolute Gasteiger partial charge is 0.311 e. The number of carbonyl (C=O) groups is 1. The van der Waals surface area contributed by atoms with Crippen molar-refractivity contribution in [1.82, 2.24) is 15.1 Å². The minimum Gasteiger partial charge on any atom is -0.490 e. The second-order valence-electron chi connectivity index (χ2n) is 7.39. The molecule has 0 aliphatic carbocycles.